The molecule has 130 valence electrons. The van der Waals surface area contributed by atoms with Gasteiger partial charge in [0, 0.05) is 17.8 Å². The van der Waals surface area contributed by atoms with Gasteiger partial charge in [-0.25, -0.2) is 4.68 Å². The van der Waals surface area contributed by atoms with Crippen molar-refractivity contribution in [1.82, 2.24) is 24.8 Å². The van der Waals surface area contributed by atoms with E-state index in [0.29, 0.717) is 23.8 Å². The van der Waals surface area contributed by atoms with Gasteiger partial charge >= 0.3 is 0 Å². The van der Waals surface area contributed by atoms with Crippen LogP contribution in [0.2, 0.25) is 5.02 Å². The highest BCUT2D eigenvalue weighted by atomic mass is 35.5. The Kier molecular flexibility index (Phi) is 4.99. The average Bonchev–Trinajstić information content (AvgIpc) is 3.23. The second kappa shape index (κ2) is 7.35. The molecule has 0 fully saturated rings. The van der Waals surface area contributed by atoms with E-state index in [1.165, 1.54) is 11.8 Å². The van der Waals surface area contributed by atoms with E-state index in [9.17, 15) is 4.79 Å². The van der Waals surface area contributed by atoms with Gasteiger partial charge in [0.05, 0.1) is 25.5 Å². The normalized spacial score (nSPS) is 10.7. The molecule has 0 atom stereocenters. The zero-order chi connectivity index (χ0) is 17.8. The minimum atomic E-state index is -0.419. The number of aryl methyl sites for hydroxylation is 1. The van der Waals surface area contributed by atoms with Gasteiger partial charge in [0.15, 0.2) is 0 Å². The van der Waals surface area contributed by atoms with Crippen LogP contribution in [0.1, 0.15) is 23.0 Å². The monoisotopic (exact) mass is 360 g/mol. The molecule has 0 aliphatic rings. The molecule has 0 saturated heterocycles. The smallest absolute Gasteiger partial charge is 0.281 e. The summed E-state index contributed by atoms with van der Waals surface area (Å²) in [6, 6.07) is 7.39. The Morgan fingerprint density at radius 2 is 2.16 bits per heavy atom. The van der Waals surface area contributed by atoms with Gasteiger partial charge in [-0.15, -0.1) is 5.10 Å². The SMILES string of the molecule is CCn1cc(NC(=O)c2nnn(Cc3ccccc3Cl)c2OC)cn1. The Labute approximate surface area is 149 Å². The lowest BCUT2D eigenvalue weighted by atomic mass is 10.2. The third-order valence-corrected chi connectivity index (χ3v) is 3.96. The molecule has 1 N–H and O–H groups in total. The summed E-state index contributed by atoms with van der Waals surface area (Å²) in [5.41, 5.74) is 1.52. The number of carbonyl (C=O) groups excluding carboxylic acids is 1. The number of hydrogen-bond donors (Lipinski definition) is 1. The van der Waals surface area contributed by atoms with Gasteiger partial charge in [-0.05, 0) is 18.6 Å². The van der Waals surface area contributed by atoms with Crippen molar-refractivity contribution in [1.29, 1.82) is 0 Å². The fraction of sp³-hybridized carbons (Fsp3) is 0.250. The van der Waals surface area contributed by atoms with Crippen LogP contribution in [0.5, 0.6) is 5.88 Å². The molecule has 2 aromatic heterocycles. The second-order valence-electron chi connectivity index (χ2n) is 5.24. The summed E-state index contributed by atoms with van der Waals surface area (Å²) in [7, 11) is 1.47. The first-order valence-corrected chi connectivity index (χ1v) is 8.04. The first kappa shape index (κ1) is 17.0. The molecule has 1 aromatic carbocycles. The molecule has 3 rings (SSSR count). The first-order chi connectivity index (χ1) is 12.1. The highest BCUT2D eigenvalue weighted by molar-refractivity contribution is 6.31. The number of rotatable bonds is 6. The van der Waals surface area contributed by atoms with Crippen LogP contribution >= 0.6 is 11.6 Å². The van der Waals surface area contributed by atoms with E-state index in [1.54, 1.807) is 23.1 Å². The molecule has 0 radical (unpaired) electrons. The van der Waals surface area contributed by atoms with Crippen LogP contribution in [0.3, 0.4) is 0 Å². The lowest BCUT2D eigenvalue weighted by Crippen LogP contribution is -2.14. The number of ether oxygens (including phenoxy) is 1. The van der Waals surface area contributed by atoms with Crippen molar-refractivity contribution in [2.45, 2.75) is 20.0 Å². The molecule has 0 aliphatic carbocycles. The van der Waals surface area contributed by atoms with Gasteiger partial charge in [0.2, 0.25) is 11.6 Å². The van der Waals surface area contributed by atoms with Crippen molar-refractivity contribution in [2.75, 3.05) is 12.4 Å². The van der Waals surface area contributed by atoms with Crippen LogP contribution in [0.4, 0.5) is 5.69 Å². The Hall–Kier alpha value is -2.87. The van der Waals surface area contributed by atoms with Gasteiger partial charge in [-0.2, -0.15) is 5.10 Å². The highest BCUT2D eigenvalue weighted by Gasteiger charge is 2.21. The number of hydrogen-bond acceptors (Lipinski definition) is 5. The van der Waals surface area contributed by atoms with Gasteiger partial charge in [-0.1, -0.05) is 35.0 Å². The van der Waals surface area contributed by atoms with E-state index in [0.717, 1.165) is 5.56 Å². The molecule has 25 heavy (non-hydrogen) atoms. The molecule has 0 aliphatic heterocycles. The number of aromatic nitrogens is 5. The van der Waals surface area contributed by atoms with Crippen molar-refractivity contribution in [3.05, 3.63) is 52.9 Å². The van der Waals surface area contributed by atoms with Crippen LogP contribution in [0.15, 0.2) is 36.7 Å². The zero-order valence-corrected chi connectivity index (χ0v) is 14.6. The Bertz CT molecular complexity index is 888. The summed E-state index contributed by atoms with van der Waals surface area (Å²) < 4.78 is 8.53. The average molecular weight is 361 g/mol. The van der Waals surface area contributed by atoms with Gasteiger partial charge in [-0.3, -0.25) is 9.48 Å². The largest absolute Gasteiger partial charge is 0.479 e. The zero-order valence-electron chi connectivity index (χ0n) is 13.8. The number of amides is 1. The second-order valence-corrected chi connectivity index (χ2v) is 5.64. The number of nitrogens with zero attached hydrogens (tertiary/aromatic N) is 5. The summed E-state index contributed by atoms with van der Waals surface area (Å²) in [5.74, 6) is -0.154. The summed E-state index contributed by atoms with van der Waals surface area (Å²) in [5, 5.41) is 15.4. The summed E-state index contributed by atoms with van der Waals surface area (Å²) in [6.07, 6.45) is 3.31. The van der Waals surface area contributed by atoms with Crippen molar-refractivity contribution in [3.63, 3.8) is 0 Å². The molecule has 2 heterocycles. The van der Waals surface area contributed by atoms with Crippen LogP contribution in [-0.4, -0.2) is 37.8 Å². The van der Waals surface area contributed by atoms with Crippen LogP contribution in [-0.2, 0) is 13.1 Å². The molecule has 3 aromatic rings. The molecular weight excluding hydrogens is 344 g/mol. The van der Waals surface area contributed by atoms with E-state index < -0.39 is 5.91 Å². The van der Waals surface area contributed by atoms with E-state index in [1.807, 2.05) is 25.1 Å². The molecule has 9 heteroatoms. The topological polar surface area (TPSA) is 86.9 Å². The van der Waals surface area contributed by atoms with Gasteiger partial charge in [0.25, 0.3) is 5.91 Å². The number of carbonyl (C=O) groups is 1. The van der Waals surface area contributed by atoms with Gasteiger partial charge in [0.1, 0.15) is 0 Å². The lowest BCUT2D eigenvalue weighted by molar-refractivity contribution is 0.101. The van der Waals surface area contributed by atoms with E-state index in [-0.39, 0.29) is 11.6 Å². The van der Waals surface area contributed by atoms with Crippen molar-refractivity contribution >= 4 is 23.2 Å². The maximum absolute atomic E-state index is 12.5. The van der Waals surface area contributed by atoms with Crippen molar-refractivity contribution < 1.29 is 9.53 Å². The molecule has 0 bridgehead atoms. The quantitative estimate of drug-likeness (QED) is 0.729. The predicted molar refractivity (Wildman–Crippen MR) is 93.0 cm³/mol. The van der Waals surface area contributed by atoms with Crippen molar-refractivity contribution in [2.24, 2.45) is 0 Å². The molecule has 0 unspecified atom stereocenters. The molecule has 8 nitrogen and oxygen atoms in total. The number of halogens is 1. The minimum Gasteiger partial charge on any atom is -0.479 e. The third kappa shape index (κ3) is 3.63. The summed E-state index contributed by atoms with van der Waals surface area (Å²) in [4.78, 5) is 12.5. The van der Waals surface area contributed by atoms with E-state index >= 15 is 0 Å². The Balaban J connectivity index is 1.81. The maximum Gasteiger partial charge on any atom is 0.281 e. The summed E-state index contributed by atoms with van der Waals surface area (Å²) in [6.45, 7) is 3.02. The lowest BCUT2D eigenvalue weighted by Gasteiger charge is -2.07. The highest BCUT2D eigenvalue weighted by Crippen LogP contribution is 2.21. The van der Waals surface area contributed by atoms with Crippen LogP contribution < -0.4 is 10.1 Å². The summed E-state index contributed by atoms with van der Waals surface area (Å²) >= 11 is 6.17. The standard InChI is InChI=1S/C16H17ClN6O2/c1-3-22-10-12(8-18-22)19-15(24)14-16(25-2)23(21-20-14)9-11-6-4-5-7-13(11)17/h4-8,10H,3,9H2,1-2H3,(H,19,24). The maximum atomic E-state index is 12.5. The van der Waals surface area contributed by atoms with Crippen molar-refractivity contribution in [3.8, 4) is 5.88 Å². The number of benzene rings is 1. The fourth-order valence-corrected chi connectivity index (χ4v) is 2.53. The number of anilines is 1. The number of nitrogens with one attached hydrogen (secondary N) is 1. The predicted octanol–water partition coefficient (Wildman–Crippen LogP) is 2.46. The molecular formula is C16H17ClN6O2. The Morgan fingerprint density at radius 1 is 1.36 bits per heavy atom. The molecule has 0 saturated carbocycles. The van der Waals surface area contributed by atoms with Crippen LogP contribution in [0, 0.1) is 0 Å². The Morgan fingerprint density at radius 3 is 2.84 bits per heavy atom. The third-order valence-electron chi connectivity index (χ3n) is 3.59. The van der Waals surface area contributed by atoms with E-state index in [2.05, 4.69) is 20.7 Å². The fourth-order valence-electron chi connectivity index (χ4n) is 2.33. The minimum absolute atomic E-state index is 0.0961. The van der Waals surface area contributed by atoms with Gasteiger partial charge < -0.3 is 10.1 Å². The first-order valence-electron chi connectivity index (χ1n) is 7.67. The van der Waals surface area contributed by atoms with E-state index in [4.69, 9.17) is 16.3 Å². The molecule has 0 spiro atoms. The molecule has 1 amide bonds. The van der Waals surface area contributed by atoms with Crippen LogP contribution in [0.25, 0.3) is 0 Å². The number of methoxy groups -OCH3 is 1.